The van der Waals surface area contributed by atoms with E-state index in [4.69, 9.17) is 0 Å². The molecule has 0 aliphatic heterocycles. The monoisotopic (exact) mass is 138 g/mol. The van der Waals surface area contributed by atoms with Gasteiger partial charge in [0, 0.05) is 0 Å². The van der Waals surface area contributed by atoms with Crippen LogP contribution >= 0.6 is 0 Å². The van der Waals surface area contributed by atoms with E-state index >= 15 is 0 Å². The maximum absolute atomic E-state index is 3.87. The van der Waals surface area contributed by atoms with E-state index < -0.39 is 0 Å². The van der Waals surface area contributed by atoms with Crippen molar-refractivity contribution in [3.63, 3.8) is 0 Å². The van der Waals surface area contributed by atoms with E-state index in [1.165, 1.54) is 0 Å². The Kier molecular flexibility index (Phi) is 5.50. The van der Waals surface area contributed by atoms with Crippen molar-refractivity contribution in [2.24, 2.45) is 0 Å². The van der Waals surface area contributed by atoms with Crippen LogP contribution in [-0.4, -0.2) is 4.96 Å². The Morgan fingerprint density at radius 1 is 1.14 bits per heavy atom. The third kappa shape index (κ3) is 5.73. The molecule has 0 atom stereocenters. The normalized spacial score (nSPS) is 11.0. The van der Waals surface area contributed by atoms with Gasteiger partial charge in [-0.25, -0.2) is 0 Å². The minimum atomic E-state index is 1.66. The standard InChI is InChI=1S/C6H7.Co/c1-3-5-6-4-2;/h1,3-6H,2H2;/q-1;/b5-3-,6-4-;. The van der Waals surface area contributed by atoms with Gasteiger partial charge in [0.25, 0.3) is 0 Å². The van der Waals surface area contributed by atoms with Gasteiger partial charge < -0.3 is 0 Å². The van der Waals surface area contributed by atoms with E-state index in [-0.39, 0.29) is 0 Å². The molecule has 0 saturated heterocycles. The summed E-state index contributed by atoms with van der Waals surface area (Å²) in [6.07, 6.45) is 7.23. The van der Waals surface area contributed by atoms with Crippen LogP contribution in [0.2, 0.25) is 0 Å². The summed E-state index contributed by atoms with van der Waals surface area (Å²) < 4.78 is 0. The van der Waals surface area contributed by atoms with E-state index in [0.29, 0.717) is 0 Å². The van der Waals surface area contributed by atoms with Crippen molar-refractivity contribution in [1.82, 2.24) is 0 Å². The molecule has 0 N–H and O–H groups in total. The molecular weight excluding hydrogens is 131 g/mol. The number of hydrogen-bond acceptors (Lipinski definition) is 0. The van der Waals surface area contributed by atoms with Gasteiger partial charge in [-0.2, -0.15) is 0 Å². The molecule has 0 bridgehead atoms. The summed E-state index contributed by atoms with van der Waals surface area (Å²) in [7, 11) is 0. The maximum atomic E-state index is 3.87. The fourth-order valence-electron chi connectivity index (χ4n) is 0.180. The van der Waals surface area contributed by atoms with E-state index in [1.54, 1.807) is 11.0 Å². The van der Waals surface area contributed by atoms with Gasteiger partial charge >= 0.3 is 51.5 Å². The van der Waals surface area contributed by atoms with Crippen molar-refractivity contribution in [3.05, 3.63) is 31.2 Å². The molecule has 0 aromatic rings. The molecule has 0 aromatic heterocycles. The van der Waals surface area contributed by atoms with E-state index in [1.807, 2.05) is 18.2 Å². The fourth-order valence-corrected chi connectivity index (χ4v) is 0.295. The second-order valence-electron chi connectivity index (χ2n) is 0.924. The van der Waals surface area contributed by atoms with E-state index in [2.05, 4.69) is 22.2 Å². The molecule has 1 heteroatoms. The van der Waals surface area contributed by atoms with Crippen LogP contribution in [0.4, 0.5) is 0 Å². The van der Waals surface area contributed by atoms with Gasteiger partial charge in [0.05, 0.1) is 0 Å². The Labute approximate surface area is 52.1 Å². The number of hydrogen-bond donors (Lipinski definition) is 0. The summed E-state index contributed by atoms with van der Waals surface area (Å²) >= 11 is 3.87. The zero-order valence-electron chi connectivity index (χ0n) is 3.93. The van der Waals surface area contributed by atoms with Crippen LogP contribution in [0.1, 0.15) is 0 Å². The molecule has 0 saturated carbocycles. The van der Waals surface area contributed by atoms with Crippen molar-refractivity contribution < 1.29 is 15.3 Å². The van der Waals surface area contributed by atoms with Gasteiger partial charge in [0.2, 0.25) is 0 Å². The third-order valence-corrected chi connectivity index (χ3v) is 0.623. The second-order valence-corrected chi connectivity index (χ2v) is 1.27. The van der Waals surface area contributed by atoms with Gasteiger partial charge in [-0.1, -0.05) is 0 Å². The molecule has 0 aliphatic carbocycles. The van der Waals surface area contributed by atoms with Crippen molar-refractivity contribution in [2.45, 2.75) is 0 Å². The number of rotatable bonds is 2. The van der Waals surface area contributed by atoms with Crippen molar-refractivity contribution in [3.8, 4) is 0 Å². The average Bonchev–Trinajstić information content (AvgIpc) is 1.69. The van der Waals surface area contributed by atoms with E-state index in [0.717, 1.165) is 0 Å². The predicted molar refractivity (Wildman–Crippen MR) is 29.7 cm³/mol. The summed E-state index contributed by atoms with van der Waals surface area (Å²) in [6, 6.07) is 0. The Hall–Kier alpha value is -0.274. The van der Waals surface area contributed by atoms with Crippen LogP contribution in [0.25, 0.3) is 0 Å². The average molecular weight is 138 g/mol. The van der Waals surface area contributed by atoms with Crippen molar-refractivity contribution in [1.29, 1.82) is 0 Å². The fraction of sp³-hybridized carbons (Fsp3) is 0. The molecule has 0 fully saturated rings. The van der Waals surface area contributed by atoms with Crippen LogP contribution < -0.4 is 0 Å². The Bertz CT molecular complexity index is 90.4. The van der Waals surface area contributed by atoms with E-state index in [9.17, 15) is 0 Å². The first-order chi connectivity index (χ1) is 3.41. The summed E-state index contributed by atoms with van der Waals surface area (Å²) in [4.78, 5) is 1.66. The molecule has 0 unspecified atom stereocenters. The molecular formula is C6H7Co-. The summed E-state index contributed by atoms with van der Waals surface area (Å²) in [5, 5.41) is 0. The Morgan fingerprint density at radius 2 is 1.86 bits per heavy atom. The van der Waals surface area contributed by atoms with Crippen LogP contribution in [0.5, 0.6) is 0 Å². The summed E-state index contributed by atoms with van der Waals surface area (Å²) in [6.45, 7) is 3.49. The molecule has 7 heavy (non-hydrogen) atoms. The molecule has 0 rings (SSSR count). The van der Waals surface area contributed by atoms with Crippen LogP contribution in [-0.2, 0) is 15.3 Å². The Morgan fingerprint density at radius 3 is 2.29 bits per heavy atom. The molecule has 0 radical (unpaired) electrons. The molecule has 0 amide bonds. The van der Waals surface area contributed by atoms with Crippen LogP contribution in [0.15, 0.2) is 24.3 Å². The number of allylic oxidation sites excluding steroid dienone is 4. The van der Waals surface area contributed by atoms with Gasteiger partial charge in [-0.3, -0.25) is 0 Å². The van der Waals surface area contributed by atoms with Gasteiger partial charge in [-0.15, -0.1) is 0 Å². The van der Waals surface area contributed by atoms with Crippen LogP contribution in [0, 0.1) is 6.92 Å². The first kappa shape index (κ1) is 6.73. The van der Waals surface area contributed by atoms with Gasteiger partial charge in [0.15, 0.2) is 0 Å². The molecule has 0 aromatic carbocycles. The Balaban J connectivity index is 3.27. The molecule has 41 valence electrons. The zero-order valence-corrected chi connectivity index (χ0v) is 4.97. The van der Waals surface area contributed by atoms with Gasteiger partial charge in [-0.05, 0) is 0 Å². The summed E-state index contributed by atoms with van der Waals surface area (Å²) in [5.74, 6) is 0. The molecule has 0 heterocycles. The summed E-state index contributed by atoms with van der Waals surface area (Å²) in [5.41, 5.74) is 0. The minimum absolute atomic E-state index is 1.66. The third-order valence-electron chi connectivity index (χ3n) is 0.422. The topological polar surface area (TPSA) is 0 Å². The van der Waals surface area contributed by atoms with Crippen LogP contribution in [0.3, 0.4) is 0 Å². The SMILES string of the molecule is [CH2-]/C=C\C=C/[CH]=[Co]. The van der Waals surface area contributed by atoms with Crippen molar-refractivity contribution in [2.75, 3.05) is 0 Å². The van der Waals surface area contributed by atoms with Gasteiger partial charge in [0.1, 0.15) is 0 Å². The molecule has 0 aliphatic rings. The van der Waals surface area contributed by atoms with Crippen molar-refractivity contribution >= 4 is 4.96 Å². The quantitative estimate of drug-likeness (QED) is 0.398. The second kappa shape index (κ2) is 5.73. The molecule has 0 spiro atoms. The first-order valence-electron chi connectivity index (χ1n) is 1.93. The zero-order chi connectivity index (χ0) is 5.54. The first-order valence-corrected chi connectivity index (χ1v) is 2.54. The molecule has 0 nitrogen and oxygen atoms in total. The predicted octanol–water partition coefficient (Wildman–Crippen LogP) is 1.28.